The van der Waals surface area contributed by atoms with Crippen LogP contribution in [-0.4, -0.2) is 9.97 Å². The number of nitrogens with one attached hydrogen (secondary N) is 1. The molecule has 1 saturated carbocycles. The summed E-state index contributed by atoms with van der Waals surface area (Å²) >= 11 is 0. The van der Waals surface area contributed by atoms with Gasteiger partial charge in [0.2, 0.25) is 0 Å². The van der Waals surface area contributed by atoms with Crippen molar-refractivity contribution in [1.29, 1.82) is 0 Å². The van der Waals surface area contributed by atoms with E-state index in [1.807, 2.05) is 0 Å². The van der Waals surface area contributed by atoms with Crippen molar-refractivity contribution in [3.63, 3.8) is 0 Å². The fraction of sp³-hybridized carbons (Fsp3) is 0.786. The first-order valence-corrected chi connectivity index (χ1v) is 6.82. The van der Waals surface area contributed by atoms with Gasteiger partial charge in [-0.15, -0.1) is 0 Å². The molecular formula is C14H22N2. The Balaban J connectivity index is 1.90. The standard InChI is InChI=1S/C14H22N2/c1-9-7-10(2)13-12(8-9)15-14(16-13)11-5-3-4-6-11/h9-11H,3-8H2,1-2H3,(H,15,16). The predicted octanol–water partition coefficient (Wildman–Crippen LogP) is 3.75. The van der Waals surface area contributed by atoms with Gasteiger partial charge in [-0.1, -0.05) is 26.7 Å². The second kappa shape index (κ2) is 3.90. The van der Waals surface area contributed by atoms with Crippen molar-refractivity contribution in [3.05, 3.63) is 17.2 Å². The van der Waals surface area contributed by atoms with E-state index in [9.17, 15) is 0 Å². The number of nitrogens with zero attached hydrogens (tertiary/aromatic N) is 1. The van der Waals surface area contributed by atoms with Crippen molar-refractivity contribution in [2.75, 3.05) is 0 Å². The molecule has 0 aliphatic heterocycles. The summed E-state index contributed by atoms with van der Waals surface area (Å²) in [4.78, 5) is 8.52. The second-order valence-electron chi connectivity index (χ2n) is 5.91. The molecule has 2 nitrogen and oxygen atoms in total. The average Bonchev–Trinajstić information content (AvgIpc) is 2.82. The number of H-pyrrole nitrogens is 1. The third-order valence-electron chi connectivity index (χ3n) is 4.35. The number of aromatic amines is 1. The quantitative estimate of drug-likeness (QED) is 0.764. The molecule has 1 aromatic heterocycles. The molecule has 2 aliphatic rings. The molecule has 0 radical (unpaired) electrons. The van der Waals surface area contributed by atoms with Crippen LogP contribution in [0.2, 0.25) is 0 Å². The van der Waals surface area contributed by atoms with Crippen LogP contribution in [0.3, 0.4) is 0 Å². The normalized spacial score (nSPS) is 30.6. The van der Waals surface area contributed by atoms with E-state index in [-0.39, 0.29) is 0 Å². The van der Waals surface area contributed by atoms with Gasteiger partial charge in [-0.3, -0.25) is 0 Å². The topological polar surface area (TPSA) is 28.7 Å². The molecular weight excluding hydrogens is 196 g/mol. The summed E-state index contributed by atoms with van der Waals surface area (Å²) in [7, 11) is 0. The van der Waals surface area contributed by atoms with E-state index >= 15 is 0 Å². The van der Waals surface area contributed by atoms with Crippen LogP contribution in [0.1, 0.15) is 75.0 Å². The van der Waals surface area contributed by atoms with E-state index < -0.39 is 0 Å². The Bertz CT molecular complexity index is 374. The zero-order valence-corrected chi connectivity index (χ0v) is 10.4. The van der Waals surface area contributed by atoms with Crippen LogP contribution < -0.4 is 0 Å². The Morgan fingerprint density at radius 2 is 1.94 bits per heavy atom. The van der Waals surface area contributed by atoms with E-state index in [1.54, 1.807) is 0 Å². The Kier molecular flexibility index (Phi) is 2.53. The summed E-state index contributed by atoms with van der Waals surface area (Å²) in [5, 5.41) is 0. The summed E-state index contributed by atoms with van der Waals surface area (Å²) < 4.78 is 0. The van der Waals surface area contributed by atoms with Gasteiger partial charge < -0.3 is 4.98 Å². The molecule has 1 fully saturated rings. The van der Waals surface area contributed by atoms with Gasteiger partial charge in [0.15, 0.2) is 0 Å². The number of fused-ring (bicyclic) bond motifs is 1. The highest BCUT2D eigenvalue weighted by Crippen LogP contribution is 2.37. The molecule has 2 heteroatoms. The number of aromatic nitrogens is 2. The first-order valence-electron chi connectivity index (χ1n) is 6.82. The molecule has 0 saturated heterocycles. The maximum atomic E-state index is 4.89. The van der Waals surface area contributed by atoms with Crippen molar-refractivity contribution in [2.45, 2.75) is 64.2 Å². The lowest BCUT2D eigenvalue weighted by Crippen LogP contribution is -2.14. The van der Waals surface area contributed by atoms with Gasteiger partial charge in [0.1, 0.15) is 5.82 Å². The Hall–Kier alpha value is -0.790. The average molecular weight is 218 g/mol. The third-order valence-corrected chi connectivity index (χ3v) is 4.35. The van der Waals surface area contributed by atoms with Crippen LogP contribution in [0.4, 0.5) is 0 Å². The van der Waals surface area contributed by atoms with Crippen LogP contribution >= 0.6 is 0 Å². The van der Waals surface area contributed by atoms with Gasteiger partial charge in [0.05, 0.1) is 5.69 Å². The molecule has 1 aromatic rings. The Morgan fingerprint density at radius 3 is 2.69 bits per heavy atom. The van der Waals surface area contributed by atoms with Crippen LogP contribution in [0.5, 0.6) is 0 Å². The Morgan fingerprint density at radius 1 is 1.19 bits per heavy atom. The summed E-state index contributed by atoms with van der Waals surface area (Å²) in [6, 6.07) is 0. The van der Waals surface area contributed by atoms with Gasteiger partial charge in [0, 0.05) is 17.5 Å². The molecule has 2 atom stereocenters. The van der Waals surface area contributed by atoms with Gasteiger partial charge in [0.25, 0.3) is 0 Å². The monoisotopic (exact) mass is 218 g/mol. The van der Waals surface area contributed by atoms with Crippen LogP contribution in [0, 0.1) is 5.92 Å². The Labute approximate surface area is 97.9 Å². The summed E-state index contributed by atoms with van der Waals surface area (Å²) in [6.07, 6.45) is 7.98. The van der Waals surface area contributed by atoms with Crippen molar-refractivity contribution in [2.24, 2.45) is 5.92 Å². The van der Waals surface area contributed by atoms with Crippen molar-refractivity contribution < 1.29 is 0 Å². The molecule has 1 heterocycles. The van der Waals surface area contributed by atoms with E-state index in [4.69, 9.17) is 4.98 Å². The number of hydrogen-bond acceptors (Lipinski definition) is 1. The van der Waals surface area contributed by atoms with Crippen LogP contribution in [-0.2, 0) is 6.42 Å². The summed E-state index contributed by atoms with van der Waals surface area (Å²) in [5.74, 6) is 3.50. The first kappa shape index (κ1) is 10.4. The zero-order chi connectivity index (χ0) is 11.1. The highest BCUT2D eigenvalue weighted by Gasteiger charge is 2.28. The van der Waals surface area contributed by atoms with E-state index in [0.29, 0.717) is 5.92 Å². The highest BCUT2D eigenvalue weighted by atomic mass is 15.0. The zero-order valence-electron chi connectivity index (χ0n) is 10.4. The lowest BCUT2D eigenvalue weighted by atomic mass is 9.84. The molecule has 16 heavy (non-hydrogen) atoms. The summed E-state index contributed by atoms with van der Waals surface area (Å²) in [6.45, 7) is 4.68. The first-order chi connectivity index (χ1) is 7.74. The number of hydrogen-bond donors (Lipinski definition) is 1. The highest BCUT2D eigenvalue weighted by molar-refractivity contribution is 5.23. The van der Waals surface area contributed by atoms with E-state index in [1.165, 1.54) is 55.7 Å². The molecule has 0 bridgehead atoms. The fourth-order valence-electron chi connectivity index (χ4n) is 3.55. The SMILES string of the molecule is CC1Cc2[nH]c(C3CCCC3)nc2C(C)C1. The molecule has 3 rings (SSSR count). The maximum absolute atomic E-state index is 4.89. The van der Waals surface area contributed by atoms with Gasteiger partial charge >= 0.3 is 0 Å². The smallest absolute Gasteiger partial charge is 0.109 e. The second-order valence-corrected chi connectivity index (χ2v) is 5.91. The minimum Gasteiger partial charge on any atom is -0.345 e. The van der Waals surface area contributed by atoms with E-state index in [0.717, 1.165) is 11.8 Å². The fourth-order valence-corrected chi connectivity index (χ4v) is 3.55. The number of imidazole rings is 1. The summed E-state index contributed by atoms with van der Waals surface area (Å²) in [5.41, 5.74) is 2.81. The molecule has 1 N–H and O–H groups in total. The molecule has 2 unspecified atom stereocenters. The molecule has 2 aliphatic carbocycles. The number of rotatable bonds is 1. The maximum Gasteiger partial charge on any atom is 0.109 e. The lowest BCUT2D eigenvalue weighted by Gasteiger charge is -2.22. The van der Waals surface area contributed by atoms with Crippen LogP contribution in [0.15, 0.2) is 0 Å². The van der Waals surface area contributed by atoms with Gasteiger partial charge in [-0.2, -0.15) is 0 Å². The van der Waals surface area contributed by atoms with E-state index in [2.05, 4.69) is 18.8 Å². The van der Waals surface area contributed by atoms with Crippen LogP contribution in [0.25, 0.3) is 0 Å². The van der Waals surface area contributed by atoms with Crippen molar-refractivity contribution in [3.8, 4) is 0 Å². The largest absolute Gasteiger partial charge is 0.345 e. The third kappa shape index (κ3) is 1.68. The van der Waals surface area contributed by atoms with Crippen molar-refractivity contribution >= 4 is 0 Å². The van der Waals surface area contributed by atoms with Gasteiger partial charge in [-0.25, -0.2) is 4.98 Å². The van der Waals surface area contributed by atoms with Crippen molar-refractivity contribution in [1.82, 2.24) is 9.97 Å². The molecule has 0 aromatic carbocycles. The molecule has 0 amide bonds. The molecule has 0 spiro atoms. The predicted molar refractivity (Wildman–Crippen MR) is 65.7 cm³/mol. The lowest BCUT2D eigenvalue weighted by molar-refractivity contribution is 0.440. The molecule has 88 valence electrons. The van der Waals surface area contributed by atoms with Gasteiger partial charge in [-0.05, 0) is 31.6 Å². The minimum absolute atomic E-state index is 0.658. The minimum atomic E-state index is 0.658.